The van der Waals surface area contributed by atoms with Gasteiger partial charge in [0.25, 0.3) is 11.8 Å². The van der Waals surface area contributed by atoms with Crippen molar-refractivity contribution in [3.63, 3.8) is 0 Å². The predicted molar refractivity (Wildman–Crippen MR) is 97.7 cm³/mol. The number of rotatable bonds is 3. The summed E-state index contributed by atoms with van der Waals surface area (Å²) in [5.74, 6) is -1.69. The molecule has 2 rings (SSSR count). The van der Waals surface area contributed by atoms with Crippen LogP contribution in [0.3, 0.4) is 0 Å². The molecule has 0 atom stereocenters. The van der Waals surface area contributed by atoms with Crippen LogP contribution in [-0.4, -0.2) is 28.7 Å². The van der Waals surface area contributed by atoms with E-state index in [0.29, 0.717) is 5.56 Å². The Morgan fingerprint density at radius 2 is 1.57 bits per heavy atom. The van der Waals surface area contributed by atoms with Gasteiger partial charge in [-0.3, -0.25) is 15.0 Å². The van der Waals surface area contributed by atoms with Crippen molar-refractivity contribution in [1.82, 2.24) is 10.4 Å². The van der Waals surface area contributed by atoms with Crippen molar-refractivity contribution >= 4 is 11.8 Å². The van der Waals surface area contributed by atoms with Crippen molar-refractivity contribution in [2.45, 2.75) is 39.6 Å². The Balaban J connectivity index is 2.27. The predicted octanol–water partition coefficient (Wildman–Crippen LogP) is 4.48. The Morgan fingerprint density at radius 3 is 2.14 bits per heavy atom. The summed E-state index contributed by atoms with van der Waals surface area (Å²) >= 11 is 0. The lowest BCUT2D eigenvalue weighted by atomic mass is 10.1. The second kappa shape index (κ2) is 7.92. The van der Waals surface area contributed by atoms with Crippen LogP contribution in [0.2, 0.25) is 0 Å². The molecule has 2 aromatic carbocycles. The maximum atomic E-state index is 12.9. The average molecular weight is 394 g/mol. The van der Waals surface area contributed by atoms with E-state index in [4.69, 9.17) is 0 Å². The second-order valence-electron chi connectivity index (χ2n) is 7.20. The first-order chi connectivity index (χ1) is 12.9. The minimum Gasteiger partial charge on any atom is -0.406 e. The molecule has 150 valence electrons. The van der Waals surface area contributed by atoms with E-state index < -0.39 is 29.5 Å². The molecule has 8 heteroatoms. The lowest BCUT2D eigenvalue weighted by Gasteiger charge is -2.35. The normalized spacial score (nSPS) is 11.7. The Bertz CT molecular complexity index is 873. The van der Waals surface area contributed by atoms with Crippen molar-refractivity contribution in [1.29, 1.82) is 0 Å². The topological polar surface area (TPSA) is 58.6 Å². The number of benzene rings is 2. The van der Waals surface area contributed by atoms with Gasteiger partial charge in [0.2, 0.25) is 0 Å². The molecule has 2 amide bonds. The Hall–Kier alpha value is -3.03. The molecule has 0 aliphatic carbocycles. The highest BCUT2D eigenvalue weighted by molar-refractivity contribution is 5.99. The number of amides is 2. The van der Waals surface area contributed by atoms with E-state index in [2.05, 4.69) is 10.2 Å². The van der Waals surface area contributed by atoms with Gasteiger partial charge < -0.3 is 4.74 Å². The number of carbonyl (C=O) groups excluding carboxylic acids is 2. The van der Waals surface area contributed by atoms with Gasteiger partial charge in [-0.1, -0.05) is 23.8 Å². The molecule has 2 aromatic rings. The molecule has 5 nitrogen and oxygen atoms in total. The summed E-state index contributed by atoms with van der Waals surface area (Å²) in [6, 6.07) is 11.5. The molecule has 0 spiro atoms. The van der Waals surface area contributed by atoms with Gasteiger partial charge in [-0.05, 0) is 58.0 Å². The minimum atomic E-state index is -4.87. The van der Waals surface area contributed by atoms with E-state index in [1.165, 1.54) is 12.1 Å². The summed E-state index contributed by atoms with van der Waals surface area (Å²) < 4.78 is 41.0. The molecule has 0 saturated carbocycles. The molecule has 0 saturated heterocycles. The van der Waals surface area contributed by atoms with E-state index in [1.54, 1.807) is 39.0 Å². The van der Waals surface area contributed by atoms with E-state index in [0.717, 1.165) is 22.7 Å². The number of hydrazine groups is 1. The van der Waals surface area contributed by atoms with E-state index in [1.807, 2.05) is 13.0 Å². The van der Waals surface area contributed by atoms with Crippen LogP contribution in [0.5, 0.6) is 5.75 Å². The number of aryl methyl sites for hydroxylation is 1. The molecule has 0 aliphatic rings. The summed E-state index contributed by atoms with van der Waals surface area (Å²) in [7, 11) is 0. The molecule has 0 radical (unpaired) electrons. The van der Waals surface area contributed by atoms with Gasteiger partial charge in [0.15, 0.2) is 0 Å². The fraction of sp³-hybridized carbons (Fsp3) is 0.300. The monoisotopic (exact) mass is 394 g/mol. The van der Waals surface area contributed by atoms with Gasteiger partial charge in [-0.25, -0.2) is 5.01 Å². The van der Waals surface area contributed by atoms with Crippen molar-refractivity contribution in [2.24, 2.45) is 0 Å². The number of ether oxygens (including phenoxy) is 1. The maximum Gasteiger partial charge on any atom is 0.573 e. The molecular weight excluding hydrogens is 373 g/mol. The van der Waals surface area contributed by atoms with Gasteiger partial charge in [-0.15, -0.1) is 13.2 Å². The minimum absolute atomic E-state index is 0.0759. The summed E-state index contributed by atoms with van der Waals surface area (Å²) in [5.41, 5.74) is 2.89. The number of hydrogen-bond donors (Lipinski definition) is 1. The quantitative estimate of drug-likeness (QED) is 0.781. The zero-order valence-electron chi connectivity index (χ0n) is 15.9. The highest BCUT2D eigenvalue weighted by Gasteiger charge is 2.32. The second-order valence-corrected chi connectivity index (χ2v) is 7.20. The highest BCUT2D eigenvalue weighted by Crippen LogP contribution is 2.24. The third kappa shape index (κ3) is 5.73. The SMILES string of the molecule is Cc1cccc(C(=O)N(NC(=O)c2cccc(OC(F)(F)F)c2)C(C)(C)C)c1. The first-order valence-electron chi connectivity index (χ1n) is 8.45. The number of halogens is 3. The number of alkyl halides is 3. The molecule has 0 aliphatic heterocycles. The van der Waals surface area contributed by atoms with Gasteiger partial charge in [0.05, 0.1) is 5.54 Å². The first kappa shape index (κ1) is 21.3. The number of nitrogens with one attached hydrogen (secondary N) is 1. The summed E-state index contributed by atoms with van der Waals surface area (Å²) in [6.45, 7) is 7.02. The Morgan fingerprint density at radius 1 is 0.964 bits per heavy atom. The summed E-state index contributed by atoms with van der Waals surface area (Å²) in [6.07, 6.45) is -4.87. The average Bonchev–Trinajstić information content (AvgIpc) is 2.56. The molecule has 0 fully saturated rings. The van der Waals surface area contributed by atoms with E-state index >= 15 is 0 Å². The standard InChI is InChI=1S/C20H21F3N2O3/c1-13-7-5-9-15(11-13)18(27)25(19(2,3)4)24-17(26)14-8-6-10-16(12-14)28-20(21,22)23/h5-12H,1-4H3,(H,24,26). The zero-order valence-corrected chi connectivity index (χ0v) is 15.9. The largest absolute Gasteiger partial charge is 0.573 e. The van der Waals surface area contributed by atoms with E-state index in [-0.39, 0.29) is 5.56 Å². The fourth-order valence-electron chi connectivity index (χ4n) is 2.43. The van der Waals surface area contributed by atoms with Crippen molar-refractivity contribution in [2.75, 3.05) is 0 Å². The van der Waals surface area contributed by atoms with Crippen molar-refractivity contribution < 1.29 is 27.5 Å². The van der Waals surface area contributed by atoms with Gasteiger partial charge in [0.1, 0.15) is 5.75 Å². The smallest absolute Gasteiger partial charge is 0.406 e. The number of nitrogens with zero attached hydrogens (tertiary/aromatic N) is 1. The first-order valence-corrected chi connectivity index (χ1v) is 8.45. The van der Waals surface area contributed by atoms with Crippen LogP contribution in [0.1, 0.15) is 47.1 Å². The van der Waals surface area contributed by atoms with Crippen LogP contribution < -0.4 is 10.2 Å². The van der Waals surface area contributed by atoms with Crippen molar-refractivity contribution in [3.05, 3.63) is 65.2 Å². The van der Waals surface area contributed by atoms with Crippen molar-refractivity contribution in [3.8, 4) is 5.75 Å². The van der Waals surface area contributed by atoms with Crippen LogP contribution in [0.15, 0.2) is 48.5 Å². The maximum absolute atomic E-state index is 12.9. The third-order valence-corrected chi connectivity index (χ3v) is 3.68. The van der Waals surface area contributed by atoms with Crippen LogP contribution in [0.25, 0.3) is 0 Å². The van der Waals surface area contributed by atoms with Crippen LogP contribution in [0, 0.1) is 6.92 Å². The highest BCUT2D eigenvalue weighted by atomic mass is 19.4. The molecule has 0 heterocycles. The lowest BCUT2D eigenvalue weighted by Crippen LogP contribution is -2.55. The summed E-state index contributed by atoms with van der Waals surface area (Å²) in [4.78, 5) is 25.5. The Labute approximate surface area is 161 Å². The molecule has 0 bridgehead atoms. The lowest BCUT2D eigenvalue weighted by molar-refractivity contribution is -0.274. The fourth-order valence-corrected chi connectivity index (χ4v) is 2.43. The molecule has 28 heavy (non-hydrogen) atoms. The van der Waals surface area contributed by atoms with Crippen LogP contribution in [-0.2, 0) is 0 Å². The number of carbonyl (C=O) groups is 2. The molecule has 1 N–H and O–H groups in total. The molecule has 0 aromatic heterocycles. The Kier molecular flexibility index (Phi) is 6.01. The summed E-state index contributed by atoms with van der Waals surface area (Å²) in [5, 5.41) is 1.15. The zero-order chi connectivity index (χ0) is 21.1. The van der Waals surface area contributed by atoms with Gasteiger partial charge in [-0.2, -0.15) is 0 Å². The molecular formula is C20H21F3N2O3. The third-order valence-electron chi connectivity index (χ3n) is 3.68. The molecule has 0 unspecified atom stereocenters. The van der Waals surface area contributed by atoms with Crippen LogP contribution >= 0.6 is 0 Å². The number of hydrogen-bond acceptors (Lipinski definition) is 3. The van der Waals surface area contributed by atoms with E-state index in [9.17, 15) is 22.8 Å². The van der Waals surface area contributed by atoms with Crippen LogP contribution in [0.4, 0.5) is 13.2 Å². The van der Waals surface area contributed by atoms with Gasteiger partial charge >= 0.3 is 6.36 Å². The van der Waals surface area contributed by atoms with Gasteiger partial charge in [0, 0.05) is 11.1 Å².